The third-order valence-electron chi connectivity index (χ3n) is 6.88. The van der Waals surface area contributed by atoms with Crippen LogP contribution < -0.4 is 0 Å². The van der Waals surface area contributed by atoms with E-state index in [4.69, 9.17) is 4.74 Å². The second-order valence-corrected chi connectivity index (χ2v) is 11.8. The third-order valence-corrected chi connectivity index (χ3v) is 6.88. The van der Waals surface area contributed by atoms with Crippen molar-refractivity contribution in [3.63, 3.8) is 0 Å². The maximum atomic E-state index is 11.7. The Morgan fingerprint density at radius 1 is 0.647 bits per heavy atom. The van der Waals surface area contributed by atoms with Gasteiger partial charge in [0.1, 0.15) is 12.1 Å². The minimum absolute atomic E-state index is 0.118. The van der Waals surface area contributed by atoms with E-state index in [1.807, 2.05) is 0 Å². The molecule has 0 aliphatic heterocycles. The standard InChI is InChI=1S/C30H61NO3/c1-6-8-10-11-12-13-14-15-16-17-18-19-20-21-22-23-25-30(27-29(32)33,28-31(3,4)5)34-26-24-9-7-2/h6-28H2,1-5H3/p+1. The highest BCUT2D eigenvalue weighted by atomic mass is 16.5. The van der Waals surface area contributed by atoms with Gasteiger partial charge in [-0.1, -0.05) is 129 Å². The quantitative estimate of drug-likeness (QED) is 0.0985. The molecule has 1 atom stereocenters. The highest BCUT2D eigenvalue weighted by Crippen LogP contribution is 2.28. The fourth-order valence-electron chi connectivity index (χ4n) is 5.17. The van der Waals surface area contributed by atoms with Crippen LogP contribution >= 0.6 is 0 Å². The molecule has 0 aromatic rings. The molecule has 1 unspecified atom stereocenters. The molecule has 0 heterocycles. The summed E-state index contributed by atoms with van der Waals surface area (Å²) >= 11 is 0. The maximum Gasteiger partial charge on any atom is 0.306 e. The molecular formula is C30H62NO3+. The minimum atomic E-state index is -0.736. The van der Waals surface area contributed by atoms with E-state index in [2.05, 4.69) is 35.0 Å². The molecule has 0 aromatic carbocycles. The summed E-state index contributed by atoms with van der Waals surface area (Å²) in [6.07, 6.45) is 26.0. The summed E-state index contributed by atoms with van der Waals surface area (Å²) in [5.74, 6) is -0.736. The number of carbonyl (C=O) groups is 1. The van der Waals surface area contributed by atoms with Crippen LogP contribution in [0.2, 0.25) is 0 Å². The Kier molecular flexibility index (Phi) is 21.3. The van der Waals surface area contributed by atoms with Crippen LogP contribution in [0.5, 0.6) is 0 Å². The molecule has 0 rings (SSSR count). The van der Waals surface area contributed by atoms with Gasteiger partial charge >= 0.3 is 5.97 Å². The molecule has 0 saturated carbocycles. The Hall–Kier alpha value is -0.610. The van der Waals surface area contributed by atoms with Crippen molar-refractivity contribution < 1.29 is 19.1 Å². The molecule has 0 bridgehead atoms. The van der Waals surface area contributed by atoms with Crippen molar-refractivity contribution in [2.24, 2.45) is 0 Å². The first-order chi connectivity index (χ1) is 16.2. The van der Waals surface area contributed by atoms with Gasteiger partial charge in [-0.05, 0) is 12.8 Å². The Morgan fingerprint density at radius 3 is 1.41 bits per heavy atom. The van der Waals surface area contributed by atoms with E-state index in [1.165, 1.54) is 96.3 Å². The molecule has 0 spiro atoms. The summed E-state index contributed by atoms with van der Waals surface area (Å²) in [4.78, 5) is 11.7. The lowest BCUT2D eigenvalue weighted by Crippen LogP contribution is -2.52. The number of carboxylic acids is 1. The molecule has 34 heavy (non-hydrogen) atoms. The number of aliphatic carboxylic acids is 1. The van der Waals surface area contributed by atoms with Crippen molar-refractivity contribution in [3.05, 3.63) is 0 Å². The van der Waals surface area contributed by atoms with Crippen molar-refractivity contribution in [2.75, 3.05) is 34.3 Å². The number of ether oxygens (including phenoxy) is 1. The van der Waals surface area contributed by atoms with E-state index < -0.39 is 11.6 Å². The molecule has 0 radical (unpaired) electrons. The summed E-state index contributed by atoms with van der Waals surface area (Å²) in [6, 6.07) is 0. The molecule has 4 heteroatoms. The lowest BCUT2D eigenvalue weighted by molar-refractivity contribution is -0.877. The Balaban J connectivity index is 4.03. The van der Waals surface area contributed by atoms with E-state index in [1.54, 1.807) is 0 Å². The number of carboxylic acid groups (broad SMARTS) is 1. The van der Waals surface area contributed by atoms with Crippen molar-refractivity contribution in [2.45, 2.75) is 154 Å². The molecule has 4 nitrogen and oxygen atoms in total. The molecule has 1 N–H and O–H groups in total. The van der Waals surface area contributed by atoms with E-state index in [0.717, 1.165) is 43.1 Å². The Morgan fingerprint density at radius 2 is 1.03 bits per heavy atom. The highest BCUT2D eigenvalue weighted by molar-refractivity contribution is 5.68. The van der Waals surface area contributed by atoms with Gasteiger partial charge in [0.2, 0.25) is 0 Å². The molecule has 0 amide bonds. The molecular weight excluding hydrogens is 422 g/mol. The van der Waals surface area contributed by atoms with Gasteiger partial charge in [-0.25, -0.2) is 0 Å². The molecule has 0 aromatic heterocycles. The van der Waals surface area contributed by atoms with E-state index in [-0.39, 0.29) is 6.42 Å². The number of unbranched alkanes of at least 4 members (excludes halogenated alkanes) is 17. The van der Waals surface area contributed by atoms with Gasteiger partial charge in [0, 0.05) is 6.61 Å². The third kappa shape index (κ3) is 21.9. The largest absolute Gasteiger partial charge is 0.481 e. The van der Waals surface area contributed by atoms with E-state index in [0.29, 0.717) is 6.61 Å². The van der Waals surface area contributed by atoms with Gasteiger partial charge in [0.05, 0.1) is 27.6 Å². The van der Waals surface area contributed by atoms with E-state index >= 15 is 0 Å². The van der Waals surface area contributed by atoms with Crippen molar-refractivity contribution >= 4 is 5.97 Å². The van der Waals surface area contributed by atoms with Gasteiger partial charge in [0.25, 0.3) is 0 Å². The Labute approximate surface area is 213 Å². The first-order valence-electron chi connectivity index (χ1n) is 14.9. The number of hydrogen-bond acceptors (Lipinski definition) is 2. The summed E-state index contributed by atoms with van der Waals surface area (Å²) in [5, 5.41) is 9.60. The van der Waals surface area contributed by atoms with Crippen molar-refractivity contribution in [3.8, 4) is 0 Å². The van der Waals surface area contributed by atoms with E-state index in [9.17, 15) is 9.90 Å². The van der Waals surface area contributed by atoms with Crippen LogP contribution in [-0.2, 0) is 9.53 Å². The first-order valence-corrected chi connectivity index (χ1v) is 14.9. The average Bonchev–Trinajstić information content (AvgIpc) is 2.75. The van der Waals surface area contributed by atoms with Crippen LogP contribution in [0.1, 0.15) is 149 Å². The highest BCUT2D eigenvalue weighted by Gasteiger charge is 2.38. The molecule has 0 aliphatic rings. The molecule has 0 fully saturated rings. The van der Waals surface area contributed by atoms with Gasteiger partial charge in [-0.15, -0.1) is 0 Å². The zero-order valence-electron chi connectivity index (χ0n) is 24.0. The fraction of sp³-hybridized carbons (Fsp3) is 0.967. The van der Waals surface area contributed by atoms with Crippen LogP contribution in [0.4, 0.5) is 0 Å². The maximum absolute atomic E-state index is 11.7. The SMILES string of the molecule is CCCCCCCCCCCCCCCCCCC(CC(=O)O)(C[N+](C)(C)C)OCCCCC. The van der Waals surface area contributed by atoms with Gasteiger partial charge < -0.3 is 14.3 Å². The summed E-state index contributed by atoms with van der Waals surface area (Å²) < 4.78 is 7.08. The zero-order chi connectivity index (χ0) is 25.5. The number of nitrogens with zero attached hydrogens (tertiary/aromatic N) is 1. The molecule has 0 saturated heterocycles. The molecule has 204 valence electrons. The summed E-state index contributed by atoms with van der Waals surface area (Å²) in [7, 11) is 6.42. The summed E-state index contributed by atoms with van der Waals surface area (Å²) in [5.41, 5.74) is -0.534. The van der Waals surface area contributed by atoms with Gasteiger partial charge in [0.15, 0.2) is 0 Å². The number of quaternary nitrogens is 1. The smallest absolute Gasteiger partial charge is 0.306 e. The Bertz CT molecular complexity index is 460. The first kappa shape index (κ1) is 33.4. The fourth-order valence-corrected chi connectivity index (χ4v) is 5.17. The number of likely N-dealkylation sites (N-methyl/N-ethyl adjacent to an activating group) is 1. The van der Waals surface area contributed by atoms with Crippen LogP contribution in [0.25, 0.3) is 0 Å². The number of rotatable bonds is 26. The zero-order valence-corrected chi connectivity index (χ0v) is 24.0. The lowest BCUT2D eigenvalue weighted by Gasteiger charge is -2.38. The van der Waals surface area contributed by atoms with Crippen molar-refractivity contribution in [1.82, 2.24) is 0 Å². The predicted octanol–water partition coefficient (Wildman–Crippen LogP) is 8.76. The predicted molar refractivity (Wildman–Crippen MR) is 148 cm³/mol. The van der Waals surface area contributed by atoms with Crippen molar-refractivity contribution in [1.29, 1.82) is 0 Å². The summed E-state index contributed by atoms with van der Waals surface area (Å²) in [6.45, 7) is 5.91. The topological polar surface area (TPSA) is 46.5 Å². The monoisotopic (exact) mass is 484 g/mol. The van der Waals surface area contributed by atoms with Crippen LogP contribution in [0.15, 0.2) is 0 Å². The molecule has 0 aliphatic carbocycles. The van der Waals surface area contributed by atoms with Gasteiger partial charge in [-0.3, -0.25) is 4.79 Å². The lowest BCUT2D eigenvalue weighted by atomic mass is 9.90. The van der Waals surface area contributed by atoms with Gasteiger partial charge in [-0.2, -0.15) is 0 Å². The number of hydrogen-bond donors (Lipinski definition) is 1. The normalized spacial score (nSPS) is 13.8. The average molecular weight is 485 g/mol. The second kappa shape index (κ2) is 21.7. The van der Waals surface area contributed by atoms with Crippen LogP contribution in [0, 0.1) is 0 Å². The minimum Gasteiger partial charge on any atom is -0.481 e. The van der Waals surface area contributed by atoms with Crippen LogP contribution in [0.3, 0.4) is 0 Å². The second-order valence-electron chi connectivity index (χ2n) is 11.8. The van der Waals surface area contributed by atoms with Crippen LogP contribution in [-0.4, -0.2) is 55.5 Å².